The summed E-state index contributed by atoms with van der Waals surface area (Å²) < 4.78 is 29.6. The molecule has 1 heterocycles. The lowest BCUT2D eigenvalue weighted by Crippen LogP contribution is -2.38. The van der Waals surface area contributed by atoms with Crippen molar-refractivity contribution < 1.29 is 17.9 Å². The highest BCUT2D eigenvalue weighted by Gasteiger charge is 2.26. The van der Waals surface area contributed by atoms with Crippen molar-refractivity contribution in [2.75, 3.05) is 37.9 Å². The van der Waals surface area contributed by atoms with E-state index in [2.05, 4.69) is 4.90 Å². The minimum Gasteiger partial charge on any atom is -0.464 e. The highest BCUT2D eigenvalue weighted by Crippen LogP contribution is 2.19. The highest BCUT2D eigenvalue weighted by molar-refractivity contribution is 7.91. The predicted molar refractivity (Wildman–Crippen MR) is 94.1 cm³/mol. The van der Waals surface area contributed by atoms with Crippen LogP contribution >= 0.6 is 11.6 Å². The molecule has 24 heavy (non-hydrogen) atoms. The van der Waals surface area contributed by atoms with Crippen LogP contribution in [0.25, 0.3) is 0 Å². The Morgan fingerprint density at radius 3 is 2.46 bits per heavy atom. The molecule has 2 rings (SSSR count). The van der Waals surface area contributed by atoms with Gasteiger partial charge in [-0.15, -0.1) is 11.6 Å². The van der Waals surface area contributed by atoms with Gasteiger partial charge in [0.15, 0.2) is 9.84 Å². The number of nitrogens with zero attached hydrogens (tertiary/aromatic N) is 1. The fourth-order valence-electron chi connectivity index (χ4n) is 2.75. The largest absolute Gasteiger partial charge is 0.464 e. The van der Waals surface area contributed by atoms with Crippen molar-refractivity contribution in [3.63, 3.8) is 0 Å². The number of rotatable bonds is 7. The maximum absolute atomic E-state index is 12.2. The van der Waals surface area contributed by atoms with Crippen LogP contribution < -0.4 is 0 Å². The number of aryl methyl sites for hydroxylation is 1. The van der Waals surface area contributed by atoms with Gasteiger partial charge >= 0.3 is 5.97 Å². The van der Waals surface area contributed by atoms with Crippen molar-refractivity contribution in [1.29, 1.82) is 0 Å². The molecule has 0 spiro atoms. The fourth-order valence-corrected chi connectivity index (χ4v) is 4.07. The quantitative estimate of drug-likeness (QED) is 0.542. The van der Waals surface area contributed by atoms with Gasteiger partial charge in [0.05, 0.1) is 16.6 Å². The normalized spacial score (nSPS) is 16.9. The predicted octanol–water partition coefficient (Wildman–Crippen LogP) is 2.26. The standard InChI is InChI=1S/C17H24ClNO4S/c1-14-2-4-16(5-3-14)24(21,22)13-12-23-17(20)15-6-9-19(10-7-15)11-8-18/h2-5,15H,6-13H2,1H3. The first-order chi connectivity index (χ1) is 11.4. The van der Waals surface area contributed by atoms with E-state index in [1.165, 1.54) is 0 Å². The van der Waals surface area contributed by atoms with Crippen molar-refractivity contribution in [2.45, 2.75) is 24.7 Å². The van der Waals surface area contributed by atoms with Crippen LogP contribution in [0, 0.1) is 12.8 Å². The van der Waals surface area contributed by atoms with E-state index in [9.17, 15) is 13.2 Å². The molecule has 134 valence electrons. The Bertz CT molecular complexity index is 637. The van der Waals surface area contributed by atoms with Gasteiger partial charge in [-0.2, -0.15) is 0 Å². The maximum Gasteiger partial charge on any atom is 0.309 e. The monoisotopic (exact) mass is 373 g/mol. The van der Waals surface area contributed by atoms with Crippen LogP contribution in [0.4, 0.5) is 0 Å². The maximum atomic E-state index is 12.2. The van der Waals surface area contributed by atoms with E-state index in [1.807, 2.05) is 6.92 Å². The third-order valence-corrected chi connectivity index (χ3v) is 6.16. The molecule has 1 saturated heterocycles. The Labute approximate surface area is 148 Å². The first-order valence-corrected chi connectivity index (χ1v) is 10.4. The second-order valence-corrected chi connectivity index (χ2v) is 8.59. The molecule has 0 N–H and O–H groups in total. The van der Waals surface area contributed by atoms with Crippen LogP contribution in [0.2, 0.25) is 0 Å². The number of piperidine rings is 1. The van der Waals surface area contributed by atoms with Gasteiger partial charge in [0, 0.05) is 12.4 Å². The molecule has 0 radical (unpaired) electrons. The zero-order valence-electron chi connectivity index (χ0n) is 13.9. The molecule has 7 heteroatoms. The second kappa shape index (κ2) is 8.83. The Hall–Kier alpha value is -1.11. The molecule has 0 saturated carbocycles. The van der Waals surface area contributed by atoms with E-state index in [1.54, 1.807) is 24.3 Å². The summed E-state index contributed by atoms with van der Waals surface area (Å²) in [7, 11) is -3.42. The van der Waals surface area contributed by atoms with E-state index in [0.717, 1.165) is 38.0 Å². The SMILES string of the molecule is Cc1ccc(S(=O)(=O)CCOC(=O)C2CCN(CCCl)CC2)cc1. The minimum absolute atomic E-state index is 0.100. The molecule has 0 amide bonds. The minimum atomic E-state index is -3.42. The third-order valence-electron chi connectivity index (χ3n) is 4.30. The number of esters is 1. The average molecular weight is 374 g/mol. The number of halogens is 1. The van der Waals surface area contributed by atoms with Gasteiger partial charge in [0.1, 0.15) is 6.61 Å². The van der Waals surface area contributed by atoms with E-state index in [-0.39, 0.29) is 29.1 Å². The van der Waals surface area contributed by atoms with Crippen LogP contribution in [0.1, 0.15) is 18.4 Å². The first kappa shape index (κ1) is 19.2. The summed E-state index contributed by atoms with van der Waals surface area (Å²) in [4.78, 5) is 14.6. The van der Waals surface area contributed by atoms with E-state index < -0.39 is 9.84 Å². The smallest absolute Gasteiger partial charge is 0.309 e. The van der Waals surface area contributed by atoms with Crippen molar-refractivity contribution >= 4 is 27.4 Å². The average Bonchev–Trinajstić information content (AvgIpc) is 2.56. The topological polar surface area (TPSA) is 63.7 Å². The number of carbonyl (C=O) groups excluding carboxylic acids is 1. The van der Waals surface area contributed by atoms with Crippen LogP contribution in [-0.4, -0.2) is 57.2 Å². The molecule has 5 nitrogen and oxygen atoms in total. The van der Waals surface area contributed by atoms with Gasteiger partial charge < -0.3 is 9.64 Å². The van der Waals surface area contributed by atoms with Crippen molar-refractivity contribution in [3.05, 3.63) is 29.8 Å². The molecule has 1 aliphatic rings. The molecule has 1 aromatic rings. The molecular formula is C17H24ClNO4S. The molecule has 0 aromatic heterocycles. The summed E-state index contributed by atoms with van der Waals surface area (Å²) in [5.74, 6) is -0.0305. The summed E-state index contributed by atoms with van der Waals surface area (Å²) in [5, 5.41) is 0. The number of hydrogen-bond acceptors (Lipinski definition) is 5. The van der Waals surface area contributed by atoms with Gasteiger partial charge in [-0.1, -0.05) is 17.7 Å². The highest BCUT2D eigenvalue weighted by atomic mass is 35.5. The molecule has 1 fully saturated rings. The summed E-state index contributed by atoms with van der Waals surface area (Å²) in [6, 6.07) is 6.68. The number of ether oxygens (including phenoxy) is 1. The van der Waals surface area contributed by atoms with Gasteiger partial charge in [-0.3, -0.25) is 4.79 Å². The zero-order chi connectivity index (χ0) is 17.6. The molecule has 0 bridgehead atoms. The summed E-state index contributed by atoms with van der Waals surface area (Å²) in [6.45, 7) is 4.29. The number of alkyl halides is 1. The second-order valence-electron chi connectivity index (χ2n) is 6.10. The summed E-state index contributed by atoms with van der Waals surface area (Å²) >= 11 is 5.71. The Morgan fingerprint density at radius 1 is 1.25 bits per heavy atom. The van der Waals surface area contributed by atoms with Crippen LogP contribution in [0.3, 0.4) is 0 Å². The van der Waals surface area contributed by atoms with E-state index in [4.69, 9.17) is 16.3 Å². The lowest BCUT2D eigenvalue weighted by molar-refractivity contribution is -0.149. The lowest BCUT2D eigenvalue weighted by atomic mass is 9.97. The summed E-state index contributed by atoms with van der Waals surface area (Å²) in [5.41, 5.74) is 1.00. The Kier molecular flexibility index (Phi) is 7.07. The number of hydrogen-bond donors (Lipinski definition) is 0. The van der Waals surface area contributed by atoms with Crippen LogP contribution in [0.5, 0.6) is 0 Å². The van der Waals surface area contributed by atoms with Crippen molar-refractivity contribution in [3.8, 4) is 0 Å². The number of sulfone groups is 1. The third kappa shape index (κ3) is 5.46. The Balaban J connectivity index is 1.77. The van der Waals surface area contributed by atoms with E-state index >= 15 is 0 Å². The molecule has 0 unspecified atom stereocenters. The molecule has 1 aromatic carbocycles. The lowest BCUT2D eigenvalue weighted by Gasteiger charge is -2.30. The fraction of sp³-hybridized carbons (Fsp3) is 0.588. The molecule has 1 aliphatic heterocycles. The molecule has 0 atom stereocenters. The van der Waals surface area contributed by atoms with Crippen LogP contribution in [0.15, 0.2) is 29.2 Å². The van der Waals surface area contributed by atoms with Gasteiger partial charge in [-0.05, 0) is 45.0 Å². The number of likely N-dealkylation sites (tertiary alicyclic amines) is 1. The number of benzene rings is 1. The van der Waals surface area contributed by atoms with Crippen LogP contribution in [-0.2, 0) is 19.4 Å². The molecule has 0 aliphatic carbocycles. The van der Waals surface area contributed by atoms with E-state index in [0.29, 0.717) is 5.88 Å². The molecular weight excluding hydrogens is 350 g/mol. The van der Waals surface area contributed by atoms with Crippen molar-refractivity contribution in [2.24, 2.45) is 5.92 Å². The number of carbonyl (C=O) groups is 1. The first-order valence-electron chi connectivity index (χ1n) is 8.17. The van der Waals surface area contributed by atoms with Gasteiger partial charge in [0.2, 0.25) is 0 Å². The van der Waals surface area contributed by atoms with Gasteiger partial charge in [0.25, 0.3) is 0 Å². The Morgan fingerprint density at radius 2 is 1.88 bits per heavy atom. The van der Waals surface area contributed by atoms with Gasteiger partial charge in [-0.25, -0.2) is 8.42 Å². The summed E-state index contributed by atoms with van der Waals surface area (Å²) in [6.07, 6.45) is 1.47. The van der Waals surface area contributed by atoms with Crippen molar-refractivity contribution in [1.82, 2.24) is 4.90 Å². The zero-order valence-corrected chi connectivity index (χ0v) is 15.5.